The molecule has 0 radical (unpaired) electrons. The van der Waals surface area contributed by atoms with Gasteiger partial charge in [-0.1, -0.05) is 0 Å². The maximum absolute atomic E-state index is 12.5. The van der Waals surface area contributed by atoms with Crippen LogP contribution in [0.2, 0.25) is 0 Å². The monoisotopic (exact) mass is 288 g/mol. The summed E-state index contributed by atoms with van der Waals surface area (Å²) in [5.41, 5.74) is -0.117. The van der Waals surface area contributed by atoms with Crippen LogP contribution in [0.15, 0.2) is 0 Å². The first-order valence-electron chi connectivity index (χ1n) is 7.20. The lowest BCUT2D eigenvalue weighted by atomic mass is 9.71. The maximum atomic E-state index is 12.5. The molecular formula is C14H28N2O2S. The van der Waals surface area contributed by atoms with Crippen molar-refractivity contribution < 1.29 is 9.29 Å². The summed E-state index contributed by atoms with van der Waals surface area (Å²) in [7, 11) is 0. The first kappa shape index (κ1) is 15.6. The van der Waals surface area contributed by atoms with E-state index in [9.17, 15) is 4.55 Å². The fraction of sp³-hybridized carbons (Fsp3) is 1.00. The van der Waals surface area contributed by atoms with Crippen molar-refractivity contribution in [1.82, 2.24) is 10.0 Å². The van der Waals surface area contributed by atoms with Gasteiger partial charge in [0.25, 0.3) is 0 Å². The Hall–Kier alpha value is 0.190. The molecule has 2 rings (SSSR count). The van der Waals surface area contributed by atoms with E-state index in [1.165, 1.54) is 0 Å². The topological polar surface area (TPSA) is 56.3 Å². The van der Waals surface area contributed by atoms with Crippen LogP contribution in [-0.2, 0) is 16.1 Å². The minimum absolute atomic E-state index is 0.135. The zero-order valence-electron chi connectivity index (χ0n) is 12.8. The van der Waals surface area contributed by atoms with Crippen molar-refractivity contribution in [3.05, 3.63) is 0 Å². The summed E-state index contributed by atoms with van der Waals surface area (Å²) in [5, 5.41) is 3.41. The number of hydrogen-bond donors (Lipinski definition) is 2. The van der Waals surface area contributed by atoms with Crippen molar-refractivity contribution in [3.8, 4) is 0 Å². The van der Waals surface area contributed by atoms with Crippen molar-refractivity contribution in [2.24, 2.45) is 5.41 Å². The number of ether oxygens (including phenoxy) is 1. The Morgan fingerprint density at radius 3 is 2.37 bits per heavy atom. The third kappa shape index (κ3) is 3.10. The lowest BCUT2D eigenvalue weighted by molar-refractivity contribution is 0.0228. The number of piperidine rings is 1. The smallest absolute Gasteiger partial charge is 0.136 e. The highest BCUT2D eigenvalue weighted by molar-refractivity contribution is 7.90. The van der Waals surface area contributed by atoms with Crippen LogP contribution in [0.1, 0.15) is 47.5 Å². The molecule has 5 heteroatoms. The van der Waals surface area contributed by atoms with E-state index in [4.69, 9.17) is 4.74 Å². The molecular weight excluding hydrogens is 260 g/mol. The van der Waals surface area contributed by atoms with Gasteiger partial charge in [-0.25, -0.2) is 0 Å². The zero-order valence-corrected chi connectivity index (χ0v) is 13.7. The summed E-state index contributed by atoms with van der Waals surface area (Å²) in [4.78, 5) is 0. The molecule has 112 valence electrons. The van der Waals surface area contributed by atoms with Crippen LogP contribution in [0.4, 0.5) is 0 Å². The molecule has 0 unspecified atom stereocenters. The van der Waals surface area contributed by atoms with Crippen molar-refractivity contribution in [2.45, 2.75) is 63.9 Å². The number of hydrogen-bond acceptors (Lipinski definition) is 4. The summed E-state index contributed by atoms with van der Waals surface area (Å²) in [6.45, 7) is 13.1. The van der Waals surface area contributed by atoms with E-state index >= 15 is 0 Å². The quantitative estimate of drug-likeness (QED) is 0.758. The van der Waals surface area contributed by atoms with Crippen LogP contribution >= 0.6 is 0 Å². The van der Waals surface area contributed by atoms with Gasteiger partial charge in [0.15, 0.2) is 0 Å². The summed E-state index contributed by atoms with van der Waals surface area (Å²) < 4.78 is 21.6. The second-order valence-corrected chi connectivity index (χ2v) is 9.43. The van der Waals surface area contributed by atoms with Crippen LogP contribution in [0.25, 0.3) is 0 Å². The fourth-order valence-corrected chi connectivity index (χ4v) is 4.24. The SMILES string of the molecule is CC1(C)OCC2(CCNCC2)[C@H]1N[S@+]([O-])C(C)(C)C. The van der Waals surface area contributed by atoms with Crippen LogP contribution in [0.5, 0.6) is 0 Å². The highest BCUT2D eigenvalue weighted by Crippen LogP contribution is 2.46. The zero-order chi connectivity index (χ0) is 14.3. The molecule has 2 fully saturated rings. The molecule has 0 saturated carbocycles. The molecule has 2 saturated heterocycles. The Balaban J connectivity index is 2.17. The number of nitrogens with one attached hydrogen (secondary N) is 2. The van der Waals surface area contributed by atoms with Crippen LogP contribution in [0, 0.1) is 5.41 Å². The largest absolute Gasteiger partial charge is 0.598 e. The molecule has 0 aromatic carbocycles. The Bertz CT molecular complexity index is 322. The van der Waals surface area contributed by atoms with E-state index in [-0.39, 0.29) is 21.8 Å². The summed E-state index contributed by atoms with van der Waals surface area (Å²) in [6, 6.07) is 0.155. The van der Waals surface area contributed by atoms with Gasteiger partial charge in [-0.05, 0) is 60.5 Å². The Labute approximate surface area is 120 Å². The van der Waals surface area contributed by atoms with E-state index < -0.39 is 11.4 Å². The highest BCUT2D eigenvalue weighted by atomic mass is 32.2. The molecule has 0 amide bonds. The van der Waals surface area contributed by atoms with Crippen molar-refractivity contribution in [1.29, 1.82) is 0 Å². The van der Waals surface area contributed by atoms with Crippen molar-refractivity contribution in [3.63, 3.8) is 0 Å². The van der Waals surface area contributed by atoms with Gasteiger partial charge >= 0.3 is 0 Å². The van der Waals surface area contributed by atoms with Crippen molar-refractivity contribution >= 4 is 11.4 Å². The molecule has 0 aromatic rings. The molecule has 0 aromatic heterocycles. The van der Waals surface area contributed by atoms with Gasteiger partial charge in [-0.2, -0.15) is 0 Å². The minimum Gasteiger partial charge on any atom is -0.598 e. The van der Waals surface area contributed by atoms with Gasteiger partial charge in [-0.15, -0.1) is 4.72 Å². The van der Waals surface area contributed by atoms with Gasteiger partial charge in [-0.3, -0.25) is 0 Å². The average molecular weight is 288 g/mol. The van der Waals surface area contributed by atoms with Gasteiger partial charge in [0, 0.05) is 16.8 Å². The molecule has 2 atom stereocenters. The van der Waals surface area contributed by atoms with E-state index in [1.807, 2.05) is 20.8 Å². The summed E-state index contributed by atoms with van der Waals surface area (Å²) >= 11 is -1.05. The second-order valence-electron chi connectivity index (χ2n) is 7.44. The summed E-state index contributed by atoms with van der Waals surface area (Å²) in [6.07, 6.45) is 2.19. The van der Waals surface area contributed by atoms with E-state index in [2.05, 4.69) is 23.9 Å². The maximum Gasteiger partial charge on any atom is 0.136 e. The molecule has 1 spiro atoms. The molecule has 0 bridgehead atoms. The van der Waals surface area contributed by atoms with E-state index in [0.29, 0.717) is 0 Å². The Kier molecular flexibility index (Phi) is 4.25. The molecule has 19 heavy (non-hydrogen) atoms. The van der Waals surface area contributed by atoms with Crippen molar-refractivity contribution in [2.75, 3.05) is 19.7 Å². The van der Waals surface area contributed by atoms with Crippen LogP contribution in [-0.4, -0.2) is 40.6 Å². The first-order chi connectivity index (χ1) is 8.67. The van der Waals surface area contributed by atoms with Gasteiger partial charge in [0.2, 0.25) is 0 Å². The average Bonchev–Trinajstić information content (AvgIpc) is 2.54. The Morgan fingerprint density at radius 2 is 1.84 bits per heavy atom. The Morgan fingerprint density at radius 1 is 1.26 bits per heavy atom. The fourth-order valence-electron chi connectivity index (χ4n) is 3.14. The van der Waals surface area contributed by atoms with Gasteiger partial charge in [0.1, 0.15) is 4.75 Å². The van der Waals surface area contributed by atoms with E-state index in [0.717, 1.165) is 32.5 Å². The molecule has 4 nitrogen and oxygen atoms in total. The second kappa shape index (κ2) is 5.19. The normalized spacial score (nSPS) is 31.6. The molecule has 2 aliphatic rings. The first-order valence-corrected chi connectivity index (χ1v) is 8.35. The van der Waals surface area contributed by atoms with E-state index in [1.54, 1.807) is 0 Å². The lowest BCUT2D eigenvalue weighted by Crippen LogP contribution is -2.59. The third-order valence-corrected chi connectivity index (χ3v) is 5.98. The lowest BCUT2D eigenvalue weighted by Gasteiger charge is -2.41. The molecule has 0 aliphatic carbocycles. The van der Waals surface area contributed by atoms with Crippen LogP contribution in [0.3, 0.4) is 0 Å². The molecule has 2 heterocycles. The number of rotatable bonds is 2. The van der Waals surface area contributed by atoms with Gasteiger partial charge < -0.3 is 14.6 Å². The van der Waals surface area contributed by atoms with Crippen LogP contribution < -0.4 is 10.0 Å². The standard InChI is InChI=1S/C14H28N2O2S/c1-12(2,3)19(17)16-11-13(4,5)18-10-14(11)6-8-15-9-7-14/h11,15-16H,6-10H2,1-5H3/t11-,19+/m0/s1. The third-order valence-electron chi connectivity index (χ3n) is 4.42. The van der Waals surface area contributed by atoms with Gasteiger partial charge in [0.05, 0.1) is 18.2 Å². The predicted molar refractivity (Wildman–Crippen MR) is 79.4 cm³/mol. The minimum atomic E-state index is -1.05. The molecule has 2 aliphatic heterocycles. The highest BCUT2D eigenvalue weighted by Gasteiger charge is 2.56. The summed E-state index contributed by atoms with van der Waals surface area (Å²) in [5.74, 6) is 0. The predicted octanol–water partition coefficient (Wildman–Crippen LogP) is 1.59. The molecule has 2 N–H and O–H groups in total.